The molecule has 2 aromatic rings. The lowest BCUT2D eigenvalue weighted by Gasteiger charge is -2.07. The molecule has 0 fully saturated rings. The van der Waals surface area contributed by atoms with Gasteiger partial charge < -0.3 is 5.73 Å². The zero-order chi connectivity index (χ0) is 13.8. The lowest BCUT2D eigenvalue weighted by Crippen LogP contribution is -2.08. The number of hydrogen-bond acceptors (Lipinski definition) is 3. The van der Waals surface area contributed by atoms with Crippen molar-refractivity contribution >= 4 is 11.6 Å². The second-order valence-electron chi connectivity index (χ2n) is 4.35. The summed E-state index contributed by atoms with van der Waals surface area (Å²) in [5, 5.41) is 0.118. The second kappa shape index (κ2) is 6.08. The smallest absolute Gasteiger partial charge is 0.145 e. The van der Waals surface area contributed by atoms with Crippen LogP contribution in [0, 0.1) is 12.7 Å². The van der Waals surface area contributed by atoms with Crippen molar-refractivity contribution in [3.8, 4) is 0 Å². The van der Waals surface area contributed by atoms with Crippen LogP contribution in [0.3, 0.4) is 0 Å². The first-order valence-electron chi connectivity index (χ1n) is 6.06. The highest BCUT2D eigenvalue weighted by Crippen LogP contribution is 2.19. The van der Waals surface area contributed by atoms with E-state index in [0.29, 0.717) is 30.8 Å². The fourth-order valence-electron chi connectivity index (χ4n) is 1.91. The highest BCUT2D eigenvalue weighted by molar-refractivity contribution is 6.30. The lowest BCUT2D eigenvalue weighted by molar-refractivity contribution is 0.612. The summed E-state index contributed by atoms with van der Waals surface area (Å²) >= 11 is 5.76. The topological polar surface area (TPSA) is 51.8 Å². The van der Waals surface area contributed by atoms with Gasteiger partial charge in [-0.05, 0) is 31.2 Å². The van der Waals surface area contributed by atoms with E-state index in [1.165, 1.54) is 6.07 Å². The van der Waals surface area contributed by atoms with Crippen molar-refractivity contribution in [3.63, 3.8) is 0 Å². The molecule has 0 aliphatic heterocycles. The standard InChI is InChI=1S/C14H15ClFN3/c1-9-7-11(5-6-17)19-13(18-9)8-10-3-2-4-12(15)14(10)16/h2-4,7H,5-6,8,17H2,1H3. The Labute approximate surface area is 116 Å². The van der Waals surface area contributed by atoms with E-state index >= 15 is 0 Å². The Bertz CT molecular complexity index is 587. The Morgan fingerprint density at radius 3 is 2.84 bits per heavy atom. The number of halogens is 2. The lowest BCUT2D eigenvalue weighted by atomic mass is 10.1. The molecule has 19 heavy (non-hydrogen) atoms. The summed E-state index contributed by atoms with van der Waals surface area (Å²) in [7, 11) is 0. The Morgan fingerprint density at radius 1 is 1.32 bits per heavy atom. The molecule has 1 heterocycles. The minimum Gasteiger partial charge on any atom is -0.330 e. The molecule has 0 spiro atoms. The van der Waals surface area contributed by atoms with Crippen molar-refractivity contribution in [3.05, 3.63) is 57.9 Å². The van der Waals surface area contributed by atoms with Crippen molar-refractivity contribution in [1.29, 1.82) is 0 Å². The molecular weight excluding hydrogens is 265 g/mol. The first kappa shape index (κ1) is 13.9. The summed E-state index contributed by atoms with van der Waals surface area (Å²) in [5.74, 6) is 0.180. The highest BCUT2D eigenvalue weighted by Gasteiger charge is 2.09. The van der Waals surface area contributed by atoms with Crippen LogP contribution in [-0.2, 0) is 12.8 Å². The number of hydrogen-bond donors (Lipinski definition) is 1. The van der Waals surface area contributed by atoms with Crippen molar-refractivity contribution in [2.45, 2.75) is 19.8 Å². The molecule has 2 rings (SSSR count). The molecule has 0 amide bonds. The molecule has 2 N–H and O–H groups in total. The van der Waals surface area contributed by atoms with E-state index in [4.69, 9.17) is 17.3 Å². The Kier molecular flexibility index (Phi) is 4.45. The van der Waals surface area contributed by atoms with E-state index < -0.39 is 5.82 Å². The number of aryl methyl sites for hydroxylation is 1. The van der Waals surface area contributed by atoms with Gasteiger partial charge in [0.05, 0.1) is 5.02 Å². The van der Waals surface area contributed by atoms with E-state index in [1.54, 1.807) is 12.1 Å². The molecule has 0 unspecified atom stereocenters. The average molecular weight is 280 g/mol. The average Bonchev–Trinajstić information content (AvgIpc) is 2.35. The van der Waals surface area contributed by atoms with E-state index in [0.717, 1.165) is 11.4 Å². The molecule has 0 saturated carbocycles. The summed E-state index contributed by atoms with van der Waals surface area (Å²) in [6.07, 6.45) is 1.01. The van der Waals surface area contributed by atoms with Gasteiger partial charge >= 0.3 is 0 Å². The van der Waals surface area contributed by atoms with Crippen LogP contribution < -0.4 is 5.73 Å². The predicted octanol–water partition coefficient (Wildman–Crippen LogP) is 2.67. The largest absolute Gasteiger partial charge is 0.330 e. The van der Waals surface area contributed by atoms with Gasteiger partial charge in [0.2, 0.25) is 0 Å². The Morgan fingerprint density at radius 2 is 2.11 bits per heavy atom. The summed E-state index contributed by atoms with van der Waals surface area (Å²) in [6.45, 7) is 2.42. The number of benzene rings is 1. The van der Waals surface area contributed by atoms with Gasteiger partial charge in [0, 0.05) is 24.2 Å². The molecule has 0 aliphatic carbocycles. The number of nitrogens with two attached hydrogens (primary N) is 1. The van der Waals surface area contributed by atoms with E-state index in [1.807, 2.05) is 13.0 Å². The minimum atomic E-state index is -0.408. The van der Waals surface area contributed by atoms with Crippen LogP contribution in [0.1, 0.15) is 22.8 Å². The van der Waals surface area contributed by atoms with Crippen molar-refractivity contribution < 1.29 is 4.39 Å². The van der Waals surface area contributed by atoms with E-state index in [2.05, 4.69) is 9.97 Å². The van der Waals surface area contributed by atoms with Crippen LogP contribution in [0.15, 0.2) is 24.3 Å². The van der Waals surface area contributed by atoms with Gasteiger partial charge in [0.15, 0.2) is 0 Å². The maximum absolute atomic E-state index is 13.8. The zero-order valence-corrected chi connectivity index (χ0v) is 11.4. The molecule has 0 atom stereocenters. The van der Waals surface area contributed by atoms with Crippen LogP contribution in [0.2, 0.25) is 5.02 Å². The van der Waals surface area contributed by atoms with Gasteiger partial charge in [-0.25, -0.2) is 14.4 Å². The van der Waals surface area contributed by atoms with Crippen LogP contribution in [-0.4, -0.2) is 16.5 Å². The Hall–Kier alpha value is -1.52. The molecule has 5 heteroatoms. The van der Waals surface area contributed by atoms with Crippen LogP contribution in [0.4, 0.5) is 4.39 Å². The molecule has 100 valence electrons. The van der Waals surface area contributed by atoms with Gasteiger partial charge in [0.1, 0.15) is 11.6 Å². The summed E-state index contributed by atoms with van der Waals surface area (Å²) in [6, 6.07) is 6.83. The summed E-state index contributed by atoms with van der Waals surface area (Å²) < 4.78 is 13.8. The molecule has 0 saturated heterocycles. The molecule has 1 aromatic heterocycles. The molecule has 0 aliphatic rings. The third-order valence-corrected chi connectivity index (χ3v) is 3.03. The summed E-state index contributed by atoms with van der Waals surface area (Å²) in [5.41, 5.74) is 7.76. The number of nitrogens with zero attached hydrogens (tertiary/aromatic N) is 2. The Balaban J connectivity index is 2.30. The number of aromatic nitrogens is 2. The quantitative estimate of drug-likeness (QED) is 0.936. The third-order valence-electron chi connectivity index (χ3n) is 2.73. The van der Waals surface area contributed by atoms with Gasteiger partial charge in [-0.3, -0.25) is 0 Å². The molecular formula is C14H15ClFN3. The number of rotatable bonds is 4. The van der Waals surface area contributed by atoms with Gasteiger partial charge in [-0.2, -0.15) is 0 Å². The van der Waals surface area contributed by atoms with Gasteiger partial charge in [-0.15, -0.1) is 0 Å². The molecule has 3 nitrogen and oxygen atoms in total. The zero-order valence-electron chi connectivity index (χ0n) is 10.7. The second-order valence-corrected chi connectivity index (χ2v) is 4.75. The molecule has 0 radical (unpaired) electrons. The van der Waals surface area contributed by atoms with Crippen molar-refractivity contribution in [2.24, 2.45) is 5.73 Å². The SMILES string of the molecule is Cc1cc(CCN)nc(Cc2cccc(Cl)c2F)n1. The van der Waals surface area contributed by atoms with E-state index in [9.17, 15) is 4.39 Å². The highest BCUT2D eigenvalue weighted by atomic mass is 35.5. The van der Waals surface area contributed by atoms with E-state index in [-0.39, 0.29) is 5.02 Å². The fourth-order valence-corrected chi connectivity index (χ4v) is 2.10. The predicted molar refractivity (Wildman–Crippen MR) is 73.7 cm³/mol. The van der Waals surface area contributed by atoms with Crippen LogP contribution >= 0.6 is 11.6 Å². The fraction of sp³-hybridized carbons (Fsp3) is 0.286. The monoisotopic (exact) mass is 279 g/mol. The van der Waals surface area contributed by atoms with Gasteiger partial charge in [-0.1, -0.05) is 23.7 Å². The van der Waals surface area contributed by atoms with Gasteiger partial charge in [0.25, 0.3) is 0 Å². The normalized spacial score (nSPS) is 10.7. The maximum Gasteiger partial charge on any atom is 0.145 e. The molecule has 1 aromatic carbocycles. The maximum atomic E-state index is 13.8. The first-order valence-corrected chi connectivity index (χ1v) is 6.44. The van der Waals surface area contributed by atoms with Crippen LogP contribution in [0.25, 0.3) is 0 Å². The molecule has 0 bridgehead atoms. The summed E-state index contributed by atoms with van der Waals surface area (Å²) in [4.78, 5) is 8.71. The first-order chi connectivity index (χ1) is 9.10. The van der Waals surface area contributed by atoms with Crippen molar-refractivity contribution in [1.82, 2.24) is 9.97 Å². The third kappa shape index (κ3) is 3.49. The van der Waals surface area contributed by atoms with Crippen molar-refractivity contribution in [2.75, 3.05) is 6.54 Å². The van der Waals surface area contributed by atoms with Crippen LogP contribution in [0.5, 0.6) is 0 Å². The minimum absolute atomic E-state index is 0.118.